The van der Waals surface area contributed by atoms with Gasteiger partial charge in [0, 0.05) is 22.4 Å². The van der Waals surface area contributed by atoms with Crippen LogP contribution in [0, 0.1) is 0 Å². The number of nitrogens with one attached hydrogen (secondary N) is 1. The first-order valence-electron chi connectivity index (χ1n) is 9.68. The van der Waals surface area contributed by atoms with Gasteiger partial charge in [0.25, 0.3) is 5.91 Å². The number of rotatable bonds is 7. The Hall–Kier alpha value is -4.06. The van der Waals surface area contributed by atoms with Crippen molar-refractivity contribution in [1.82, 2.24) is 0 Å². The molecular formula is C25H21NO5. The maximum atomic E-state index is 12.4. The molecule has 0 radical (unpaired) electrons. The summed E-state index contributed by atoms with van der Waals surface area (Å²) >= 11 is 0. The predicted molar refractivity (Wildman–Crippen MR) is 116 cm³/mol. The zero-order valence-corrected chi connectivity index (χ0v) is 17.1. The molecule has 0 aliphatic heterocycles. The number of hydrogen-bond acceptors (Lipinski definition) is 5. The van der Waals surface area contributed by atoms with Gasteiger partial charge in [-0.05, 0) is 38.1 Å². The lowest BCUT2D eigenvalue weighted by atomic mass is 10.0. The van der Waals surface area contributed by atoms with E-state index in [9.17, 15) is 19.2 Å². The van der Waals surface area contributed by atoms with Gasteiger partial charge < -0.3 is 10.1 Å². The highest BCUT2D eigenvalue weighted by Gasteiger charge is 2.20. The third-order valence-corrected chi connectivity index (χ3v) is 4.61. The zero-order chi connectivity index (χ0) is 22.4. The van der Waals surface area contributed by atoms with Crippen molar-refractivity contribution in [2.24, 2.45) is 0 Å². The minimum atomic E-state index is -1.06. The van der Waals surface area contributed by atoms with Crippen LogP contribution >= 0.6 is 0 Å². The number of esters is 1. The average molecular weight is 415 g/mol. The van der Waals surface area contributed by atoms with Crippen molar-refractivity contribution in [3.63, 3.8) is 0 Å². The molecule has 0 unspecified atom stereocenters. The van der Waals surface area contributed by atoms with Gasteiger partial charge in [-0.3, -0.25) is 14.4 Å². The Labute approximate surface area is 179 Å². The molecule has 0 aliphatic carbocycles. The summed E-state index contributed by atoms with van der Waals surface area (Å²) in [6, 6.07) is 21.4. The number of benzene rings is 3. The number of amides is 1. The van der Waals surface area contributed by atoms with Crippen molar-refractivity contribution in [2.45, 2.75) is 20.0 Å². The van der Waals surface area contributed by atoms with E-state index in [-0.39, 0.29) is 17.1 Å². The van der Waals surface area contributed by atoms with Gasteiger partial charge in [0.05, 0.1) is 5.56 Å². The van der Waals surface area contributed by atoms with Crippen molar-refractivity contribution in [2.75, 3.05) is 5.32 Å². The lowest BCUT2D eigenvalue weighted by Gasteiger charge is -2.14. The molecule has 31 heavy (non-hydrogen) atoms. The maximum Gasteiger partial charge on any atom is 0.338 e. The van der Waals surface area contributed by atoms with Crippen LogP contribution in [0.25, 0.3) is 0 Å². The highest BCUT2D eigenvalue weighted by molar-refractivity contribution is 6.09. The molecule has 6 nitrogen and oxygen atoms in total. The second-order valence-corrected chi connectivity index (χ2v) is 6.95. The molecule has 1 atom stereocenters. The van der Waals surface area contributed by atoms with Crippen LogP contribution in [0.1, 0.15) is 50.5 Å². The second kappa shape index (κ2) is 9.63. The van der Waals surface area contributed by atoms with Crippen molar-refractivity contribution in [1.29, 1.82) is 0 Å². The number of hydrogen-bond donors (Lipinski definition) is 1. The summed E-state index contributed by atoms with van der Waals surface area (Å²) in [6.07, 6.45) is -1.06. The van der Waals surface area contributed by atoms with E-state index in [0.29, 0.717) is 22.4 Å². The summed E-state index contributed by atoms with van der Waals surface area (Å²) in [5.41, 5.74) is 2.12. The minimum absolute atomic E-state index is 0.121. The highest BCUT2D eigenvalue weighted by Crippen LogP contribution is 2.14. The maximum absolute atomic E-state index is 12.4. The molecule has 0 heterocycles. The van der Waals surface area contributed by atoms with Crippen LogP contribution < -0.4 is 5.32 Å². The van der Waals surface area contributed by atoms with Crippen molar-refractivity contribution in [3.05, 3.63) is 101 Å². The minimum Gasteiger partial charge on any atom is -0.449 e. The molecule has 3 rings (SSSR count). The van der Waals surface area contributed by atoms with E-state index in [4.69, 9.17) is 4.74 Å². The van der Waals surface area contributed by atoms with Gasteiger partial charge in [0.1, 0.15) is 0 Å². The predicted octanol–water partition coefficient (Wildman–Crippen LogP) is 4.30. The SMILES string of the molecule is CC(=O)c1cccc(NC(=O)[C@@H](C)OC(=O)c2ccc(C(=O)c3ccccc3)cc2)c1. The fourth-order valence-electron chi connectivity index (χ4n) is 2.86. The number of anilines is 1. The zero-order valence-electron chi connectivity index (χ0n) is 17.1. The molecule has 0 fully saturated rings. The molecule has 6 heteroatoms. The number of ketones is 2. The van der Waals surface area contributed by atoms with E-state index in [0.717, 1.165) is 0 Å². The normalized spacial score (nSPS) is 11.3. The molecule has 0 aliphatic rings. The Balaban J connectivity index is 1.61. The van der Waals surface area contributed by atoms with Gasteiger partial charge in [-0.2, -0.15) is 0 Å². The lowest BCUT2D eigenvalue weighted by Crippen LogP contribution is -2.30. The van der Waals surface area contributed by atoms with E-state index in [1.807, 2.05) is 6.07 Å². The molecule has 0 saturated heterocycles. The van der Waals surface area contributed by atoms with Crippen LogP contribution in [-0.2, 0) is 9.53 Å². The summed E-state index contributed by atoms with van der Waals surface area (Å²) in [6.45, 7) is 2.89. The first-order chi connectivity index (χ1) is 14.8. The monoisotopic (exact) mass is 415 g/mol. The lowest BCUT2D eigenvalue weighted by molar-refractivity contribution is -0.123. The van der Waals surface area contributed by atoms with Crippen molar-refractivity contribution >= 4 is 29.1 Å². The van der Waals surface area contributed by atoms with Crippen molar-refractivity contribution < 1.29 is 23.9 Å². The summed E-state index contributed by atoms with van der Waals surface area (Å²) in [5.74, 6) is -1.48. The van der Waals surface area contributed by atoms with E-state index >= 15 is 0 Å². The Morgan fingerprint density at radius 2 is 1.32 bits per heavy atom. The number of carbonyl (C=O) groups excluding carboxylic acids is 4. The van der Waals surface area contributed by atoms with Gasteiger partial charge in [-0.25, -0.2) is 4.79 Å². The Morgan fingerprint density at radius 3 is 1.97 bits per heavy atom. The number of Topliss-reactive ketones (excluding diaryl/α,β-unsaturated/α-hetero) is 1. The fourth-order valence-corrected chi connectivity index (χ4v) is 2.86. The van der Waals surface area contributed by atoms with Gasteiger partial charge >= 0.3 is 5.97 Å². The van der Waals surface area contributed by atoms with Gasteiger partial charge in [-0.1, -0.05) is 54.6 Å². The molecule has 0 bridgehead atoms. The highest BCUT2D eigenvalue weighted by atomic mass is 16.5. The van der Waals surface area contributed by atoms with E-state index < -0.39 is 18.0 Å². The van der Waals surface area contributed by atoms with Crippen LogP contribution in [-0.4, -0.2) is 29.5 Å². The third-order valence-electron chi connectivity index (χ3n) is 4.61. The third kappa shape index (κ3) is 5.51. The van der Waals surface area contributed by atoms with E-state index in [1.165, 1.54) is 26.0 Å². The average Bonchev–Trinajstić information content (AvgIpc) is 2.79. The molecule has 0 saturated carbocycles. The molecular weight excluding hydrogens is 394 g/mol. The Morgan fingerprint density at radius 1 is 0.742 bits per heavy atom. The molecule has 3 aromatic carbocycles. The standard InChI is InChI=1S/C25H21NO5/c1-16(27)21-9-6-10-22(15-21)26-24(29)17(2)31-25(30)20-13-11-19(12-14-20)23(28)18-7-4-3-5-8-18/h3-15,17H,1-2H3,(H,26,29)/t17-/m1/s1. The van der Waals surface area contributed by atoms with Gasteiger partial charge in [-0.15, -0.1) is 0 Å². The molecule has 1 amide bonds. The van der Waals surface area contributed by atoms with Crippen LogP contribution in [0.3, 0.4) is 0 Å². The largest absolute Gasteiger partial charge is 0.449 e. The Bertz CT molecular complexity index is 1120. The molecule has 156 valence electrons. The quantitative estimate of drug-likeness (QED) is 0.459. The smallest absolute Gasteiger partial charge is 0.338 e. The first-order valence-corrected chi connectivity index (χ1v) is 9.68. The Kier molecular flexibility index (Phi) is 6.72. The van der Waals surface area contributed by atoms with Crippen LogP contribution in [0.15, 0.2) is 78.9 Å². The van der Waals surface area contributed by atoms with E-state index in [2.05, 4.69) is 5.32 Å². The number of carbonyl (C=O) groups is 4. The number of ether oxygens (including phenoxy) is 1. The van der Waals surface area contributed by atoms with E-state index in [1.54, 1.807) is 60.7 Å². The van der Waals surface area contributed by atoms with Crippen molar-refractivity contribution in [3.8, 4) is 0 Å². The first kappa shape index (κ1) is 21.6. The van der Waals surface area contributed by atoms with Crippen LogP contribution in [0.4, 0.5) is 5.69 Å². The molecule has 3 aromatic rings. The topological polar surface area (TPSA) is 89.5 Å². The molecule has 0 aromatic heterocycles. The van der Waals surface area contributed by atoms with Crippen LogP contribution in [0.5, 0.6) is 0 Å². The molecule has 1 N–H and O–H groups in total. The van der Waals surface area contributed by atoms with Gasteiger partial charge in [0.15, 0.2) is 17.7 Å². The summed E-state index contributed by atoms with van der Waals surface area (Å²) in [5, 5.41) is 2.62. The van der Waals surface area contributed by atoms with Crippen LogP contribution in [0.2, 0.25) is 0 Å². The second-order valence-electron chi connectivity index (χ2n) is 6.95. The molecule has 0 spiro atoms. The fraction of sp³-hybridized carbons (Fsp3) is 0.120. The summed E-state index contributed by atoms with van der Waals surface area (Å²) in [7, 11) is 0. The summed E-state index contributed by atoms with van der Waals surface area (Å²) < 4.78 is 5.23. The summed E-state index contributed by atoms with van der Waals surface area (Å²) in [4.78, 5) is 48.6. The van der Waals surface area contributed by atoms with Gasteiger partial charge in [0.2, 0.25) is 0 Å².